The number of hydrogen-bond donors (Lipinski definition) is 1. The van der Waals surface area contributed by atoms with E-state index in [-0.39, 0.29) is 5.75 Å². The third-order valence-electron chi connectivity index (χ3n) is 4.04. The van der Waals surface area contributed by atoms with Gasteiger partial charge in [-0.3, -0.25) is 0 Å². The molecule has 0 amide bonds. The van der Waals surface area contributed by atoms with E-state index in [0.717, 1.165) is 5.69 Å². The summed E-state index contributed by atoms with van der Waals surface area (Å²) < 4.78 is 41.0. The van der Waals surface area contributed by atoms with Gasteiger partial charge in [0.25, 0.3) is 0 Å². The molecule has 2 rings (SSSR count). The van der Waals surface area contributed by atoms with Crippen molar-refractivity contribution in [2.45, 2.75) is 45.5 Å². The first-order chi connectivity index (χ1) is 9.76. The molecule has 0 radical (unpaired) electrons. The summed E-state index contributed by atoms with van der Waals surface area (Å²) in [5.74, 6) is 0.884. The third kappa shape index (κ3) is 4.53. The summed E-state index contributed by atoms with van der Waals surface area (Å²) in [6.45, 7) is 4.42. The van der Waals surface area contributed by atoms with Crippen LogP contribution in [-0.4, -0.2) is 12.4 Å². The molecule has 1 aromatic carbocycles. The quantitative estimate of drug-likeness (QED) is 0.754. The number of nitrogens with one attached hydrogen (secondary N) is 1. The normalized spacial score (nSPS) is 26.5. The Morgan fingerprint density at radius 3 is 2.33 bits per heavy atom. The minimum Gasteiger partial charge on any atom is -0.405 e. The van der Waals surface area contributed by atoms with E-state index in [1.165, 1.54) is 25.3 Å². The number of benzene rings is 1. The van der Waals surface area contributed by atoms with Crippen LogP contribution in [0.15, 0.2) is 22.7 Å². The largest absolute Gasteiger partial charge is 0.573 e. The van der Waals surface area contributed by atoms with Gasteiger partial charge in [-0.25, -0.2) is 0 Å². The van der Waals surface area contributed by atoms with Gasteiger partial charge in [0.2, 0.25) is 0 Å². The molecule has 1 aromatic rings. The Kier molecular flexibility index (Phi) is 5.07. The fourth-order valence-electron chi connectivity index (χ4n) is 2.96. The molecule has 1 aliphatic rings. The zero-order valence-corrected chi connectivity index (χ0v) is 13.6. The highest BCUT2D eigenvalue weighted by Gasteiger charge is 2.32. The molecular formula is C15H19BrF3NO. The van der Waals surface area contributed by atoms with Crippen LogP contribution in [0.2, 0.25) is 0 Å². The summed E-state index contributed by atoms with van der Waals surface area (Å²) >= 11 is 3.13. The second-order valence-electron chi connectivity index (χ2n) is 5.75. The monoisotopic (exact) mass is 365 g/mol. The van der Waals surface area contributed by atoms with Crippen LogP contribution in [0, 0.1) is 11.8 Å². The van der Waals surface area contributed by atoms with E-state index in [0.29, 0.717) is 22.4 Å². The maximum Gasteiger partial charge on any atom is 0.573 e. The van der Waals surface area contributed by atoms with Crippen LogP contribution in [0.3, 0.4) is 0 Å². The van der Waals surface area contributed by atoms with Crippen LogP contribution in [-0.2, 0) is 0 Å². The van der Waals surface area contributed by atoms with Crippen LogP contribution < -0.4 is 10.1 Å². The zero-order chi connectivity index (χ0) is 15.6. The average molecular weight is 366 g/mol. The van der Waals surface area contributed by atoms with Crippen molar-refractivity contribution >= 4 is 21.6 Å². The first-order valence-electron chi connectivity index (χ1n) is 7.08. The standard InChI is InChI=1S/C15H19BrF3NO/c1-9-4-3-5-10(2)14(9)20-11-6-7-13(12(16)8-11)21-15(17,18)19/h6-10,14,20H,3-5H2,1-2H3. The van der Waals surface area contributed by atoms with Crippen molar-refractivity contribution in [3.05, 3.63) is 22.7 Å². The van der Waals surface area contributed by atoms with Gasteiger partial charge in [0.15, 0.2) is 0 Å². The molecule has 0 bridgehead atoms. The molecule has 6 heteroatoms. The molecule has 21 heavy (non-hydrogen) atoms. The molecule has 1 N–H and O–H groups in total. The van der Waals surface area contributed by atoms with Gasteiger partial charge in [-0.2, -0.15) is 0 Å². The van der Waals surface area contributed by atoms with Gasteiger partial charge in [-0.05, 0) is 58.8 Å². The summed E-state index contributed by atoms with van der Waals surface area (Å²) in [6.07, 6.45) is -1.08. The first kappa shape index (κ1) is 16.5. The number of anilines is 1. The molecule has 2 atom stereocenters. The van der Waals surface area contributed by atoms with E-state index in [1.54, 1.807) is 12.1 Å². The van der Waals surface area contributed by atoms with Gasteiger partial charge in [-0.1, -0.05) is 20.3 Å². The van der Waals surface area contributed by atoms with Gasteiger partial charge in [0, 0.05) is 11.7 Å². The Labute approximate surface area is 131 Å². The van der Waals surface area contributed by atoms with Crippen molar-refractivity contribution in [3.8, 4) is 5.75 Å². The predicted octanol–water partition coefficient (Wildman–Crippen LogP) is 5.58. The second kappa shape index (κ2) is 6.46. The average Bonchev–Trinajstić information content (AvgIpc) is 2.36. The third-order valence-corrected chi connectivity index (χ3v) is 4.66. The van der Waals surface area contributed by atoms with Gasteiger partial charge < -0.3 is 10.1 Å². The summed E-state index contributed by atoms with van der Waals surface area (Å²) in [6, 6.07) is 4.94. The van der Waals surface area contributed by atoms with Crippen molar-refractivity contribution < 1.29 is 17.9 Å². The molecule has 0 saturated heterocycles. The lowest BCUT2D eigenvalue weighted by Gasteiger charge is -2.36. The van der Waals surface area contributed by atoms with Crippen molar-refractivity contribution in [3.63, 3.8) is 0 Å². The first-order valence-corrected chi connectivity index (χ1v) is 7.87. The van der Waals surface area contributed by atoms with Crippen LogP contribution in [0.25, 0.3) is 0 Å². The van der Waals surface area contributed by atoms with Crippen LogP contribution >= 0.6 is 15.9 Å². The number of ether oxygens (including phenoxy) is 1. The number of alkyl halides is 3. The number of rotatable bonds is 3. The topological polar surface area (TPSA) is 21.3 Å². The lowest BCUT2D eigenvalue weighted by atomic mass is 9.78. The molecule has 0 heterocycles. The highest BCUT2D eigenvalue weighted by atomic mass is 79.9. The maximum atomic E-state index is 12.2. The van der Waals surface area contributed by atoms with E-state index >= 15 is 0 Å². The molecule has 0 spiro atoms. The number of halogens is 4. The molecule has 1 fully saturated rings. The summed E-state index contributed by atoms with van der Waals surface area (Å²) in [7, 11) is 0. The molecule has 0 aliphatic heterocycles. The fraction of sp³-hybridized carbons (Fsp3) is 0.600. The summed E-state index contributed by atoms with van der Waals surface area (Å²) in [5.41, 5.74) is 0.807. The Hall–Kier alpha value is -0.910. The predicted molar refractivity (Wildman–Crippen MR) is 80.4 cm³/mol. The highest BCUT2D eigenvalue weighted by molar-refractivity contribution is 9.10. The lowest BCUT2D eigenvalue weighted by molar-refractivity contribution is -0.274. The Morgan fingerprint density at radius 2 is 1.81 bits per heavy atom. The molecule has 1 aliphatic carbocycles. The van der Waals surface area contributed by atoms with E-state index in [9.17, 15) is 13.2 Å². The molecule has 118 valence electrons. The van der Waals surface area contributed by atoms with Crippen molar-refractivity contribution in [2.24, 2.45) is 11.8 Å². The Morgan fingerprint density at radius 1 is 1.19 bits per heavy atom. The van der Waals surface area contributed by atoms with Crippen LogP contribution in [0.4, 0.5) is 18.9 Å². The minimum atomic E-state index is -4.68. The zero-order valence-electron chi connectivity index (χ0n) is 12.0. The summed E-state index contributed by atoms with van der Waals surface area (Å²) in [5, 5.41) is 3.44. The van der Waals surface area contributed by atoms with Crippen molar-refractivity contribution in [2.75, 3.05) is 5.32 Å². The summed E-state index contributed by atoms with van der Waals surface area (Å²) in [4.78, 5) is 0. The van der Waals surface area contributed by atoms with Gasteiger partial charge in [0.05, 0.1) is 4.47 Å². The van der Waals surface area contributed by atoms with Gasteiger partial charge >= 0.3 is 6.36 Å². The minimum absolute atomic E-state index is 0.224. The fourth-order valence-corrected chi connectivity index (χ4v) is 3.42. The number of hydrogen-bond acceptors (Lipinski definition) is 2. The van der Waals surface area contributed by atoms with E-state index < -0.39 is 6.36 Å². The Balaban J connectivity index is 2.09. The Bertz CT molecular complexity index is 482. The molecule has 2 unspecified atom stereocenters. The maximum absolute atomic E-state index is 12.2. The SMILES string of the molecule is CC1CCCC(C)C1Nc1ccc(OC(F)(F)F)c(Br)c1. The van der Waals surface area contributed by atoms with Gasteiger partial charge in [-0.15, -0.1) is 13.2 Å². The van der Waals surface area contributed by atoms with Crippen molar-refractivity contribution in [1.29, 1.82) is 0 Å². The smallest absolute Gasteiger partial charge is 0.405 e. The van der Waals surface area contributed by atoms with Crippen LogP contribution in [0.5, 0.6) is 5.75 Å². The molecular weight excluding hydrogens is 347 g/mol. The van der Waals surface area contributed by atoms with E-state index in [2.05, 4.69) is 39.8 Å². The van der Waals surface area contributed by atoms with E-state index in [4.69, 9.17) is 0 Å². The molecule has 1 saturated carbocycles. The molecule has 2 nitrogen and oxygen atoms in total. The van der Waals surface area contributed by atoms with Crippen LogP contribution in [0.1, 0.15) is 33.1 Å². The highest BCUT2D eigenvalue weighted by Crippen LogP contribution is 2.35. The van der Waals surface area contributed by atoms with Crippen molar-refractivity contribution in [1.82, 2.24) is 0 Å². The molecule has 0 aromatic heterocycles. The van der Waals surface area contributed by atoms with Gasteiger partial charge in [0.1, 0.15) is 5.75 Å². The second-order valence-corrected chi connectivity index (χ2v) is 6.60. The lowest BCUT2D eigenvalue weighted by Crippen LogP contribution is -2.37. The van der Waals surface area contributed by atoms with E-state index in [1.807, 2.05) is 0 Å².